The van der Waals surface area contributed by atoms with Gasteiger partial charge in [0.25, 0.3) is 0 Å². The first-order valence-electron chi connectivity index (χ1n) is 10.8. The number of benzene rings is 3. The summed E-state index contributed by atoms with van der Waals surface area (Å²) in [6.45, 7) is 1.44. The predicted molar refractivity (Wildman–Crippen MR) is 124 cm³/mol. The molecule has 0 N–H and O–H groups in total. The summed E-state index contributed by atoms with van der Waals surface area (Å²) in [7, 11) is 1.47. The van der Waals surface area contributed by atoms with Crippen molar-refractivity contribution >= 4 is 34.9 Å². The van der Waals surface area contributed by atoms with Crippen LogP contribution in [-0.2, 0) is 14.5 Å². The molecule has 3 aliphatic carbocycles. The van der Waals surface area contributed by atoms with Crippen molar-refractivity contribution in [1.29, 1.82) is 0 Å². The molecule has 2 atom stereocenters. The number of anilines is 1. The maximum Gasteiger partial charge on any atom is 0.240 e. The minimum Gasteiger partial charge on any atom is -0.495 e. The van der Waals surface area contributed by atoms with Crippen LogP contribution < -0.4 is 9.64 Å². The molecule has 7 rings (SSSR count). The largest absolute Gasteiger partial charge is 0.495 e. The number of ketones is 1. The molecule has 0 spiro atoms. The summed E-state index contributed by atoms with van der Waals surface area (Å²) < 4.78 is 5.47. The molecule has 4 aliphatic rings. The third-order valence-electron chi connectivity index (χ3n) is 7.34. The molecular formula is C27H20ClNO4. The van der Waals surface area contributed by atoms with Crippen molar-refractivity contribution < 1.29 is 19.1 Å². The number of alkyl halides is 1. The fraction of sp³-hybridized carbons (Fsp3) is 0.222. The molecule has 2 amide bonds. The average molecular weight is 458 g/mol. The fourth-order valence-corrected chi connectivity index (χ4v) is 6.57. The van der Waals surface area contributed by atoms with E-state index < -0.39 is 16.7 Å². The van der Waals surface area contributed by atoms with Gasteiger partial charge in [-0.25, -0.2) is 4.90 Å². The second-order valence-corrected chi connectivity index (χ2v) is 9.42. The van der Waals surface area contributed by atoms with E-state index in [4.69, 9.17) is 16.3 Å². The Morgan fingerprint density at radius 1 is 0.939 bits per heavy atom. The van der Waals surface area contributed by atoms with Gasteiger partial charge in [0, 0.05) is 11.5 Å². The lowest BCUT2D eigenvalue weighted by Crippen LogP contribution is -2.50. The summed E-state index contributed by atoms with van der Waals surface area (Å²) in [6.07, 6.45) is 0. The molecule has 2 bridgehead atoms. The molecule has 1 fully saturated rings. The van der Waals surface area contributed by atoms with Crippen molar-refractivity contribution in [2.45, 2.75) is 17.7 Å². The molecule has 33 heavy (non-hydrogen) atoms. The number of imide groups is 1. The number of halogens is 1. The van der Waals surface area contributed by atoms with Gasteiger partial charge in [0.1, 0.15) is 10.6 Å². The molecule has 5 nitrogen and oxygen atoms in total. The number of hydrogen-bond acceptors (Lipinski definition) is 4. The van der Waals surface area contributed by atoms with Crippen LogP contribution in [0.2, 0.25) is 0 Å². The summed E-state index contributed by atoms with van der Waals surface area (Å²) in [5, 5.41) is 0. The Hall–Kier alpha value is -3.44. The van der Waals surface area contributed by atoms with E-state index in [1.807, 2.05) is 48.5 Å². The quantitative estimate of drug-likeness (QED) is 0.326. The number of nitrogens with zero attached hydrogens (tertiary/aromatic N) is 1. The van der Waals surface area contributed by atoms with Gasteiger partial charge in [-0.05, 0) is 47.4 Å². The molecule has 164 valence electrons. The van der Waals surface area contributed by atoms with E-state index >= 15 is 0 Å². The Bertz CT molecular complexity index is 1330. The van der Waals surface area contributed by atoms with Crippen LogP contribution in [0.15, 0.2) is 66.7 Å². The van der Waals surface area contributed by atoms with Gasteiger partial charge in [-0.15, -0.1) is 11.6 Å². The van der Waals surface area contributed by atoms with Crippen molar-refractivity contribution in [1.82, 2.24) is 0 Å². The number of carbonyl (C=O) groups excluding carboxylic acids is 3. The molecule has 1 heterocycles. The Morgan fingerprint density at radius 3 is 2.12 bits per heavy atom. The zero-order valence-corrected chi connectivity index (χ0v) is 18.8. The number of hydrogen-bond donors (Lipinski definition) is 0. The van der Waals surface area contributed by atoms with E-state index in [9.17, 15) is 14.4 Å². The Labute approximate surface area is 195 Å². The Balaban J connectivity index is 1.59. The molecule has 3 aromatic carbocycles. The molecule has 0 unspecified atom stereocenters. The van der Waals surface area contributed by atoms with E-state index in [2.05, 4.69) is 0 Å². The van der Waals surface area contributed by atoms with E-state index in [1.165, 1.54) is 18.9 Å². The number of methoxy groups -OCH3 is 1. The lowest BCUT2D eigenvalue weighted by Gasteiger charge is -2.50. The molecule has 6 heteroatoms. The van der Waals surface area contributed by atoms with Crippen LogP contribution in [0.1, 0.15) is 45.5 Å². The zero-order valence-electron chi connectivity index (χ0n) is 18.0. The van der Waals surface area contributed by atoms with Crippen LogP contribution in [0, 0.1) is 11.8 Å². The minimum absolute atomic E-state index is 0.163. The van der Waals surface area contributed by atoms with Crippen LogP contribution >= 0.6 is 11.6 Å². The normalized spacial score (nSPS) is 26.6. The Morgan fingerprint density at radius 2 is 1.55 bits per heavy atom. The third kappa shape index (κ3) is 2.40. The van der Waals surface area contributed by atoms with Gasteiger partial charge in [0.05, 0.1) is 24.6 Å². The molecule has 0 saturated carbocycles. The lowest BCUT2D eigenvalue weighted by molar-refractivity contribution is -0.122. The Kier molecular flexibility index (Phi) is 4.15. The highest BCUT2D eigenvalue weighted by atomic mass is 35.5. The first-order valence-corrected chi connectivity index (χ1v) is 11.2. The molecular weight excluding hydrogens is 438 g/mol. The molecule has 3 aromatic rings. The number of carbonyl (C=O) groups is 3. The lowest BCUT2D eigenvalue weighted by atomic mass is 9.54. The second kappa shape index (κ2) is 6.78. The van der Waals surface area contributed by atoms with Gasteiger partial charge in [-0.2, -0.15) is 0 Å². The van der Waals surface area contributed by atoms with Crippen LogP contribution in [0.4, 0.5) is 5.69 Å². The molecule has 1 saturated heterocycles. The van der Waals surface area contributed by atoms with Gasteiger partial charge in [-0.3, -0.25) is 14.4 Å². The van der Waals surface area contributed by atoms with E-state index in [-0.39, 0.29) is 29.2 Å². The molecule has 0 radical (unpaired) electrons. The van der Waals surface area contributed by atoms with Crippen molar-refractivity contribution in [3.05, 3.63) is 94.5 Å². The number of rotatable bonds is 3. The second-order valence-electron chi connectivity index (χ2n) is 8.82. The number of amides is 2. The maximum absolute atomic E-state index is 14.0. The predicted octanol–water partition coefficient (Wildman–Crippen LogP) is 4.64. The summed E-state index contributed by atoms with van der Waals surface area (Å²) >= 11 is 7.44. The third-order valence-corrected chi connectivity index (χ3v) is 7.98. The highest BCUT2D eigenvalue weighted by molar-refractivity contribution is 6.33. The standard InChI is InChI=1S/C27H20ClNO4/c1-14(30)15-11-12-21(33-2)20(13-15)29-25(31)23-22-16-7-3-5-9-18(16)27(28,24(23)26(29)32)19-10-6-4-8-17(19)22/h3-13,22-24H,1-2H3/t22?,23-,24-,27?/m0/s1. The van der Waals surface area contributed by atoms with E-state index in [0.29, 0.717) is 11.3 Å². The number of Topliss-reactive ketones (excluding diaryl/α,β-unsaturated/α-hetero) is 1. The van der Waals surface area contributed by atoms with Crippen molar-refractivity contribution in [2.75, 3.05) is 12.0 Å². The summed E-state index contributed by atoms with van der Waals surface area (Å²) in [6, 6.07) is 20.4. The first-order chi connectivity index (χ1) is 15.9. The number of ether oxygens (including phenoxy) is 1. The van der Waals surface area contributed by atoms with Crippen LogP contribution in [-0.4, -0.2) is 24.7 Å². The highest BCUT2D eigenvalue weighted by Gasteiger charge is 2.68. The maximum atomic E-state index is 14.0. The van der Waals surface area contributed by atoms with Gasteiger partial charge in [0.15, 0.2) is 5.78 Å². The monoisotopic (exact) mass is 457 g/mol. The van der Waals surface area contributed by atoms with Gasteiger partial charge in [-0.1, -0.05) is 48.5 Å². The van der Waals surface area contributed by atoms with Crippen molar-refractivity contribution in [3.8, 4) is 5.75 Å². The summed E-state index contributed by atoms with van der Waals surface area (Å²) in [5.74, 6) is -2.16. The highest BCUT2D eigenvalue weighted by Crippen LogP contribution is 2.66. The van der Waals surface area contributed by atoms with Crippen LogP contribution in [0.3, 0.4) is 0 Å². The van der Waals surface area contributed by atoms with Gasteiger partial charge >= 0.3 is 0 Å². The van der Waals surface area contributed by atoms with Crippen LogP contribution in [0.5, 0.6) is 5.75 Å². The van der Waals surface area contributed by atoms with Gasteiger partial charge < -0.3 is 4.74 Å². The van der Waals surface area contributed by atoms with Crippen LogP contribution in [0.25, 0.3) is 0 Å². The average Bonchev–Trinajstić information content (AvgIpc) is 3.10. The summed E-state index contributed by atoms with van der Waals surface area (Å²) in [4.78, 5) is 40.0. The van der Waals surface area contributed by atoms with E-state index in [1.54, 1.807) is 18.2 Å². The summed E-state index contributed by atoms with van der Waals surface area (Å²) in [5.41, 5.74) is 4.41. The van der Waals surface area contributed by atoms with Crippen molar-refractivity contribution in [2.24, 2.45) is 11.8 Å². The van der Waals surface area contributed by atoms with Gasteiger partial charge in [0.2, 0.25) is 11.8 Å². The van der Waals surface area contributed by atoms with Crippen molar-refractivity contribution in [3.63, 3.8) is 0 Å². The minimum atomic E-state index is -1.15. The smallest absolute Gasteiger partial charge is 0.240 e. The first kappa shape index (κ1) is 20.2. The fourth-order valence-electron chi connectivity index (χ4n) is 6.00. The molecule has 0 aromatic heterocycles. The molecule has 1 aliphatic heterocycles. The zero-order chi connectivity index (χ0) is 23.1. The topological polar surface area (TPSA) is 63.7 Å². The van der Waals surface area contributed by atoms with E-state index in [0.717, 1.165) is 22.3 Å². The SMILES string of the molecule is COc1ccc(C(C)=O)cc1N1C(=O)[C@@H]2[C@@H](C1=O)C1c3ccccc3C2(Cl)c2ccccc21.